The molecule has 0 saturated carbocycles. The highest BCUT2D eigenvalue weighted by Gasteiger charge is 2.02. The van der Waals surface area contributed by atoms with Crippen LogP contribution in [-0.4, -0.2) is 19.1 Å². The van der Waals surface area contributed by atoms with Crippen LogP contribution in [0, 0.1) is 5.92 Å². The third-order valence-electron chi connectivity index (χ3n) is 1.43. The molecule has 0 heterocycles. The fourth-order valence-corrected chi connectivity index (χ4v) is 1.02. The molecule has 62 valence electrons. The van der Waals surface area contributed by atoms with E-state index in [0.717, 1.165) is 19.5 Å². The van der Waals surface area contributed by atoms with Crippen LogP contribution in [0.5, 0.6) is 0 Å². The Morgan fingerprint density at radius 1 is 1.40 bits per heavy atom. The molecule has 0 aliphatic rings. The lowest BCUT2D eigenvalue weighted by Crippen LogP contribution is -2.34. The summed E-state index contributed by atoms with van der Waals surface area (Å²) in [6, 6.07) is 0.333. The molecule has 0 aromatic heterocycles. The highest BCUT2D eigenvalue weighted by Crippen LogP contribution is 2.00. The molecule has 2 heteroatoms. The second-order valence-electron chi connectivity index (χ2n) is 3.20. The molecular formula is C8H20N2. The second-order valence-corrected chi connectivity index (χ2v) is 3.20. The molecule has 0 aromatic rings. The average molecular weight is 144 g/mol. The first-order valence-corrected chi connectivity index (χ1v) is 4.13. The molecule has 0 radical (unpaired) electrons. The van der Waals surface area contributed by atoms with Crippen LogP contribution in [-0.2, 0) is 0 Å². The van der Waals surface area contributed by atoms with Gasteiger partial charge in [-0.15, -0.1) is 0 Å². The minimum absolute atomic E-state index is 0.333. The Bertz CT molecular complexity index is 71.7. The summed E-state index contributed by atoms with van der Waals surface area (Å²) in [6.07, 6.45) is 1.12. The van der Waals surface area contributed by atoms with Crippen LogP contribution in [0.4, 0.5) is 0 Å². The van der Waals surface area contributed by atoms with Crippen molar-refractivity contribution in [2.75, 3.05) is 13.1 Å². The Morgan fingerprint density at radius 3 is 2.40 bits per heavy atom. The number of nitrogens with one attached hydrogen (secondary N) is 1. The molecule has 3 N–H and O–H groups in total. The maximum atomic E-state index is 5.80. The Kier molecular flexibility index (Phi) is 5.64. The highest BCUT2D eigenvalue weighted by molar-refractivity contribution is 4.65. The monoisotopic (exact) mass is 144 g/mol. The Hall–Kier alpha value is -0.0800. The van der Waals surface area contributed by atoms with Crippen LogP contribution in [0.2, 0.25) is 0 Å². The first-order chi connectivity index (χ1) is 4.66. The van der Waals surface area contributed by atoms with Crippen molar-refractivity contribution in [3.63, 3.8) is 0 Å². The zero-order valence-electron chi connectivity index (χ0n) is 7.35. The van der Waals surface area contributed by atoms with Gasteiger partial charge in [-0.1, -0.05) is 20.8 Å². The lowest BCUT2D eigenvalue weighted by molar-refractivity contribution is 0.472. The molecular weight excluding hydrogens is 124 g/mol. The van der Waals surface area contributed by atoms with E-state index in [1.54, 1.807) is 0 Å². The van der Waals surface area contributed by atoms with E-state index in [2.05, 4.69) is 26.1 Å². The van der Waals surface area contributed by atoms with E-state index < -0.39 is 0 Å². The minimum atomic E-state index is 0.333. The summed E-state index contributed by atoms with van der Waals surface area (Å²) in [5.74, 6) is 0.716. The third kappa shape index (κ3) is 6.05. The van der Waals surface area contributed by atoms with Gasteiger partial charge in [0.1, 0.15) is 0 Å². The van der Waals surface area contributed by atoms with E-state index in [-0.39, 0.29) is 0 Å². The van der Waals surface area contributed by atoms with E-state index in [1.807, 2.05) is 0 Å². The Balaban J connectivity index is 3.16. The van der Waals surface area contributed by atoms with Crippen LogP contribution >= 0.6 is 0 Å². The Labute approximate surface area is 64.2 Å². The van der Waals surface area contributed by atoms with E-state index in [4.69, 9.17) is 5.73 Å². The molecule has 0 fully saturated rings. The van der Waals surface area contributed by atoms with Crippen LogP contribution < -0.4 is 11.1 Å². The summed E-state index contributed by atoms with van der Waals surface area (Å²) in [4.78, 5) is 0. The van der Waals surface area contributed by atoms with Gasteiger partial charge in [0.25, 0.3) is 0 Å². The van der Waals surface area contributed by atoms with Crippen molar-refractivity contribution in [2.24, 2.45) is 11.7 Å². The van der Waals surface area contributed by atoms with E-state index in [0.29, 0.717) is 12.0 Å². The topological polar surface area (TPSA) is 38.0 Å². The van der Waals surface area contributed by atoms with Gasteiger partial charge in [0.05, 0.1) is 0 Å². The maximum Gasteiger partial charge on any atom is 0.0167 e. The average Bonchev–Trinajstić information content (AvgIpc) is 1.82. The highest BCUT2D eigenvalue weighted by atomic mass is 14.9. The lowest BCUT2D eigenvalue weighted by atomic mass is 10.0. The van der Waals surface area contributed by atoms with Crippen molar-refractivity contribution in [3.8, 4) is 0 Å². The molecule has 1 unspecified atom stereocenters. The van der Waals surface area contributed by atoms with E-state index in [1.165, 1.54) is 0 Å². The number of hydrogen-bond donors (Lipinski definition) is 2. The Morgan fingerprint density at radius 2 is 2.00 bits per heavy atom. The standard InChI is InChI=1S/C8H20N2/c1-4-10-6-8(9)5-7(2)3/h7-8,10H,4-6,9H2,1-3H3. The van der Waals surface area contributed by atoms with Crippen LogP contribution in [0.3, 0.4) is 0 Å². The summed E-state index contributed by atoms with van der Waals surface area (Å²) in [6.45, 7) is 8.47. The number of likely N-dealkylation sites (N-methyl/N-ethyl adjacent to an activating group) is 1. The van der Waals surface area contributed by atoms with Crippen molar-refractivity contribution in [1.29, 1.82) is 0 Å². The third-order valence-corrected chi connectivity index (χ3v) is 1.43. The summed E-state index contributed by atoms with van der Waals surface area (Å²) >= 11 is 0. The predicted octanol–water partition coefficient (Wildman–Crippen LogP) is 0.969. The lowest BCUT2D eigenvalue weighted by Gasteiger charge is -2.13. The molecule has 0 aliphatic heterocycles. The van der Waals surface area contributed by atoms with Gasteiger partial charge in [0, 0.05) is 12.6 Å². The summed E-state index contributed by atoms with van der Waals surface area (Å²) in [5, 5.41) is 3.23. The summed E-state index contributed by atoms with van der Waals surface area (Å²) in [5.41, 5.74) is 5.80. The van der Waals surface area contributed by atoms with Gasteiger partial charge in [-0.25, -0.2) is 0 Å². The van der Waals surface area contributed by atoms with Gasteiger partial charge in [-0.2, -0.15) is 0 Å². The zero-order chi connectivity index (χ0) is 7.98. The van der Waals surface area contributed by atoms with Gasteiger partial charge in [0.15, 0.2) is 0 Å². The molecule has 10 heavy (non-hydrogen) atoms. The van der Waals surface area contributed by atoms with Crippen LogP contribution in [0.15, 0.2) is 0 Å². The van der Waals surface area contributed by atoms with Crippen molar-refractivity contribution < 1.29 is 0 Å². The first-order valence-electron chi connectivity index (χ1n) is 4.13. The molecule has 0 spiro atoms. The SMILES string of the molecule is CCNCC(N)CC(C)C. The first kappa shape index (κ1) is 9.92. The maximum absolute atomic E-state index is 5.80. The fraction of sp³-hybridized carbons (Fsp3) is 1.00. The van der Waals surface area contributed by atoms with Crippen molar-refractivity contribution in [1.82, 2.24) is 5.32 Å². The number of hydrogen-bond acceptors (Lipinski definition) is 2. The van der Waals surface area contributed by atoms with Gasteiger partial charge < -0.3 is 11.1 Å². The zero-order valence-corrected chi connectivity index (χ0v) is 7.35. The van der Waals surface area contributed by atoms with Crippen molar-refractivity contribution in [3.05, 3.63) is 0 Å². The largest absolute Gasteiger partial charge is 0.327 e. The van der Waals surface area contributed by atoms with Gasteiger partial charge in [-0.3, -0.25) is 0 Å². The smallest absolute Gasteiger partial charge is 0.0167 e. The van der Waals surface area contributed by atoms with Crippen LogP contribution in [0.1, 0.15) is 27.2 Å². The van der Waals surface area contributed by atoms with Crippen molar-refractivity contribution >= 4 is 0 Å². The molecule has 1 atom stereocenters. The molecule has 0 aliphatic carbocycles. The van der Waals surface area contributed by atoms with Gasteiger partial charge in [-0.05, 0) is 18.9 Å². The predicted molar refractivity (Wildman–Crippen MR) is 46.0 cm³/mol. The minimum Gasteiger partial charge on any atom is -0.327 e. The summed E-state index contributed by atoms with van der Waals surface area (Å²) in [7, 11) is 0. The fourth-order valence-electron chi connectivity index (χ4n) is 1.02. The van der Waals surface area contributed by atoms with Gasteiger partial charge >= 0.3 is 0 Å². The normalized spacial score (nSPS) is 14.1. The van der Waals surface area contributed by atoms with Crippen LogP contribution in [0.25, 0.3) is 0 Å². The molecule has 0 aromatic carbocycles. The molecule has 0 rings (SSSR count). The van der Waals surface area contributed by atoms with Crippen molar-refractivity contribution in [2.45, 2.75) is 33.2 Å². The summed E-state index contributed by atoms with van der Waals surface area (Å²) < 4.78 is 0. The molecule has 0 saturated heterocycles. The quantitative estimate of drug-likeness (QED) is 0.603. The molecule has 0 amide bonds. The molecule has 2 nitrogen and oxygen atoms in total. The van der Waals surface area contributed by atoms with Gasteiger partial charge in [0.2, 0.25) is 0 Å². The second kappa shape index (κ2) is 5.69. The molecule has 0 bridgehead atoms. The van der Waals surface area contributed by atoms with E-state index >= 15 is 0 Å². The van der Waals surface area contributed by atoms with E-state index in [9.17, 15) is 0 Å². The number of nitrogens with two attached hydrogens (primary N) is 1. The number of rotatable bonds is 5.